The Balaban J connectivity index is 1.31. The van der Waals surface area contributed by atoms with Gasteiger partial charge in [-0.1, -0.05) is 12.1 Å². The van der Waals surface area contributed by atoms with Crippen LogP contribution in [0.2, 0.25) is 0 Å². The number of nitrogens with zero attached hydrogens (tertiary/aromatic N) is 2. The van der Waals surface area contributed by atoms with E-state index in [2.05, 4.69) is 4.90 Å². The summed E-state index contributed by atoms with van der Waals surface area (Å²) in [5.74, 6) is 1.04. The van der Waals surface area contributed by atoms with Gasteiger partial charge in [0.1, 0.15) is 17.1 Å². The van der Waals surface area contributed by atoms with Gasteiger partial charge in [-0.3, -0.25) is 14.5 Å². The van der Waals surface area contributed by atoms with Gasteiger partial charge in [-0.2, -0.15) is 0 Å². The van der Waals surface area contributed by atoms with Gasteiger partial charge in [0.2, 0.25) is 0 Å². The second-order valence-corrected chi connectivity index (χ2v) is 9.68. The fourth-order valence-corrected chi connectivity index (χ4v) is 5.25. The topological polar surface area (TPSA) is 83.2 Å². The Kier molecular flexibility index (Phi) is 6.62. The van der Waals surface area contributed by atoms with E-state index < -0.39 is 0 Å². The third kappa shape index (κ3) is 4.70. The number of aryl methyl sites for hydroxylation is 1. The Hall–Kier alpha value is -3.16. The summed E-state index contributed by atoms with van der Waals surface area (Å²) < 4.78 is 11.6. The minimum Gasteiger partial charge on any atom is -0.508 e. The number of amides is 1. The first-order chi connectivity index (χ1) is 16.9. The summed E-state index contributed by atoms with van der Waals surface area (Å²) in [4.78, 5) is 30.0. The van der Waals surface area contributed by atoms with Crippen LogP contribution in [0, 0.1) is 13.8 Å². The number of carbonyl (C=O) groups excluding carboxylic acids is 1. The molecule has 1 unspecified atom stereocenters. The average molecular weight is 477 g/mol. The molecule has 2 saturated heterocycles. The first-order valence-electron chi connectivity index (χ1n) is 12.4. The zero-order valence-electron chi connectivity index (χ0n) is 20.4. The SMILES string of the molecule is Cc1c(C2CCCN(Cc3ccc(C(=O)N4CCOCC4)cc3)C2)oc2c(C)c(O)ccc2c1=O. The van der Waals surface area contributed by atoms with Gasteiger partial charge in [-0.15, -0.1) is 0 Å². The molecule has 0 spiro atoms. The molecule has 2 fully saturated rings. The fourth-order valence-electron chi connectivity index (χ4n) is 5.25. The molecule has 1 aromatic heterocycles. The highest BCUT2D eigenvalue weighted by atomic mass is 16.5. The average Bonchev–Trinajstić information content (AvgIpc) is 2.89. The molecule has 3 aromatic rings. The van der Waals surface area contributed by atoms with Crippen molar-refractivity contribution in [3.05, 3.63) is 74.6 Å². The maximum Gasteiger partial charge on any atom is 0.254 e. The highest BCUT2D eigenvalue weighted by Gasteiger charge is 2.27. The predicted molar refractivity (Wildman–Crippen MR) is 134 cm³/mol. The van der Waals surface area contributed by atoms with E-state index in [1.807, 2.05) is 36.1 Å². The molecule has 35 heavy (non-hydrogen) atoms. The highest BCUT2D eigenvalue weighted by molar-refractivity contribution is 5.94. The molecule has 184 valence electrons. The molecule has 2 aliphatic heterocycles. The van der Waals surface area contributed by atoms with Gasteiger partial charge in [0.25, 0.3) is 5.91 Å². The smallest absolute Gasteiger partial charge is 0.254 e. The molecule has 0 radical (unpaired) electrons. The Morgan fingerprint density at radius 2 is 1.77 bits per heavy atom. The number of morpholine rings is 1. The van der Waals surface area contributed by atoms with Crippen LogP contribution in [0.1, 0.15) is 51.6 Å². The van der Waals surface area contributed by atoms with Crippen LogP contribution in [0.3, 0.4) is 0 Å². The number of aromatic hydroxyl groups is 1. The standard InChI is InChI=1S/C28H32N2O5/c1-18-24(31)10-9-23-25(32)19(2)26(35-27(18)23)22-4-3-11-29(17-22)16-20-5-7-21(8-6-20)28(33)30-12-14-34-15-13-30/h5-10,22,31H,3-4,11-17H2,1-2H3. The Bertz CT molecular complexity index is 1290. The van der Waals surface area contributed by atoms with Crippen molar-refractivity contribution in [3.8, 4) is 5.75 Å². The minimum atomic E-state index is -0.0259. The molecule has 0 aliphatic carbocycles. The number of phenols is 1. The van der Waals surface area contributed by atoms with E-state index in [9.17, 15) is 14.7 Å². The number of ether oxygens (including phenoxy) is 1. The fraction of sp³-hybridized carbons (Fsp3) is 0.429. The van der Waals surface area contributed by atoms with Gasteiger partial charge in [-0.05, 0) is 63.1 Å². The van der Waals surface area contributed by atoms with Crippen LogP contribution in [0.15, 0.2) is 45.6 Å². The zero-order valence-corrected chi connectivity index (χ0v) is 20.4. The molecule has 5 rings (SSSR count). The van der Waals surface area contributed by atoms with Crippen LogP contribution < -0.4 is 5.43 Å². The lowest BCUT2D eigenvalue weighted by molar-refractivity contribution is 0.0303. The number of hydrogen-bond donors (Lipinski definition) is 1. The lowest BCUT2D eigenvalue weighted by atomic mass is 9.92. The van der Waals surface area contributed by atoms with Crippen molar-refractivity contribution < 1.29 is 19.1 Å². The Labute approximate surface area is 204 Å². The van der Waals surface area contributed by atoms with Crippen LogP contribution in [-0.2, 0) is 11.3 Å². The maximum atomic E-state index is 13.0. The Morgan fingerprint density at radius 1 is 1.03 bits per heavy atom. The summed E-state index contributed by atoms with van der Waals surface area (Å²) in [5.41, 5.74) is 3.57. The molecule has 1 N–H and O–H groups in total. The van der Waals surface area contributed by atoms with Crippen molar-refractivity contribution in [2.75, 3.05) is 39.4 Å². The second-order valence-electron chi connectivity index (χ2n) is 9.68. The maximum absolute atomic E-state index is 13.0. The molecule has 2 aliphatic rings. The zero-order chi connectivity index (χ0) is 24.5. The van der Waals surface area contributed by atoms with Crippen LogP contribution in [0.5, 0.6) is 5.75 Å². The minimum absolute atomic E-state index is 0.0259. The molecule has 7 nitrogen and oxygen atoms in total. The van der Waals surface area contributed by atoms with Crippen molar-refractivity contribution in [2.24, 2.45) is 0 Å². The number of rotatable bonds is 4. The number of fused-ring (bicyclic) bond motifs is 1. The number of carbonyl (C=O) groups is 1. The summed E-state index contributed by atoms with van der Waals surface area (Å²) in [6, 6.07) is 11.1. The quantitative estimate of drug-likeness (QED) is 0.614. The normalized spacial score (nSPS) is 19.3. The van der Waals surface area contributed by atoms with Crippen molar-refractivity contribution >= 4 is 16.9 Å². The number of likely N-dealkylation sites (tertiary alicyclic amines) is 1. The third-order valence-corrected chi connectivity index (χ3v) is 7.33. The van der Waals surface area contributed by atoms with Crippen LogP contribution in [-0.4, -0.2) is 60.2 Å². The molecule has 0 bridgehead atoms. The summed E-state index contributed by atoms with van der Waals surface area (Å²) in [7, 11) is 0. The van der Waals surface area contributed by atoms with E-state index in [0.717, 1.165) is 43.8 Å². The van der Waals surface area contributed by atoms with Crippen molar-refractivity contribution in [1.82, 2.24) is 9.80 Å². The lowest BCUT2D eigenvalue weighted by Gasteiger charge is -2.33. The van der Waals surface area contributed by atoms with Gasteiger partial charge < -0.3 is 19.2 Å². The molecule has 2 aromatic carbocycles. The van der Waals surface area contributed by atoms with Gasteiger partial charge >= 0.3 is 0 Å². The molecular formula is C28H32N2O5. The molecule has 3 heterocycles. The van der Waals surface area contributed by atoms with Gasteiger partial charge in [-0.25, -0.2) is 0 Å². The van der Waals surface area contributed by atoms with Crippen LogP contribution in [0.4, 0.5) is 0 Å². The van der Waals surface area contributed by atoms with Crippen molar-refractivity contribution in [2.45, 2.75) is 39.2 Å². The van der Waals surface area contributed by atoms with Crippen molar-refractivity contribution in [3.63, 3.8) is 0 Å². The highest BCUT2D eigenvalue weighted by Crippen LogP contribution is 2.33. The predicted octanol–water partition coefficient (Wildman–Crippen LogP) is 3.97. The van der Waals surface area contributed by atoms with Crippen LogP contribution >= 0.6 is 0 Å². The van der Waals surface area contributed by atoms with E-state index in [1.54, 1.807) is 19.1 Å². The number of hydrogen-bond acceptors (Lipinski definition) is 6. The van der Waals surface area contributed by atoms with Gasteiger partial charge in [0.05, 0.1) is 18.6 Å². The summed E-state index contributed by atoms with van der Waals surface area (Å²) >= 11 is 0. The molecule has 1 amide bonds. The van der Waals surface area contributed by atoms with E-state index in [4.69, 9.17) is 9.15 Å². The van der Waals surface area contributed by atoms with E-state index in [1.165, 1.54) is 0 Å². The summed E-state index contributed by atoms with van der Waals surface area (Å²) in [6.07, 6.45) is 1.97. The molecule has 7 heteroatoms. The number of phenolic OH excluding ortho intramolecular Hbond substituents is 1. The summed E-state index contributed by atoms with van der Waals surface area (Å²) in [6.45, 7) is 8.63. The van der Waals surface area contributed by atoms with E-state index in [0.29, 0.717) is 54.0 Å². The number of piperidine rings is 1. The van der Waals surface area contributed by atoms with Crippen LogP contribution in [0.25, 0.3) is 11.0 Å². The lowest BCUT2D eigenvalue weighted by Crippen LogP contribution is -2.40. The number of benzene rings is 2. The second kappa shape index (κ2) is 9.84. The molecule has 0 saturated carbocycles. The largest absolute Gasteiger partial charge is 0.508 e. The first kappa shape index (κ1) is 23.6. The van der Waals surface area contributed by atoms with Gasteiger partial charge in [0, 0.05) is 48.8 Å². The summed E-state index contributed by atoms with van der Waals surface area (Å²) in [5, 5.41) is 10.6. The van der Waals surface area contributed by atoms with Gasteiger partial charge in [0.15, 0.2) is 5.43 Å². The monoisotopic (exact) mass is 476 g/mol. The first-order valence-corrected chi connectivity index (χ1v) is 12.4. The molecule has 1 atom stereocenters. The molecular weight excluding hydrogens is 444 g/mol. The Morgan fingerprint density at radius 3 is 2.51 bits per heavy atom. The van der Waals surface area contributed by atoms with E-state index >= 15 is 0 Å². The third-order valence-electron chi connectivity index (χ3n) is 7.33. The van der Waals surface area contributed by atoms with Crippen molar-refractivity contribution in [1.29, 1.82) is 0 Å². The van der Waals surface area contributed by atoms with E-state index in [-0.39, 0.29) is 23.0 Å².